The molecule has 1 aliphatic carbocycles. The Bertz CT molecular complexity index is 465. The fourth-order valence-corrected chi connectivity index (χ4v) is 2.36. The van der Waals surface area contributed by atoms with Gasteiger partial charge in [-0.25, -0.2) is 0 Å². The quantitative estimate of drug-likeness (QED) is 0.885. The molecule has 1 saturated carbocycles. The monoisotopic (exact) mass is 285 g/mol. The molecular weight excluding hydrogens is 266 g/mol. The number of carbonyl (C=O) groups is 1. The summed E-state index contributed by atoms with van der Waals surface area (Å²) in [6.45, 7) is 4.17. The van der Waals surface area contributed by atoms with Crippen molar-refractivity contribution in [3.8, 4) is 0 Å². The van der Waals surface area contributed by atoms with Crippen LogP contribution in [0.1, 0.15) is 30.6 Å². The molecule has 3 N–H and O–H groups in total. The number of hydrogen-bond donors (Lipinski definition) is 2. The molecule has 0 saturated heterocycles. The maximum atomic E-state index is 12.1. The van der Waals surface area contributed by atoms with E-state index in [4.69, 9.17) is 10.5 Å². The molecule has 2 unspecified atom stereocenters. The molecule has 106 valence electrons. The lowest BCUT2D eigenvalue weighted by Crippen LogP contribution is -2.61. The minimum atomic E-state index is -0.173. The van der Waals surface area contributed by atoms with Crippen molar-refractivity contribution >= 4 is 24.0 Å². The second-order valence-corrected chi connectivity index (χ2v) is 5.27. The van der Waals surface area contributed by atoms with Gasteiger partial charge in [-0.1, -0.05) is 13.8 Å². The van der Waals surface area contributed by atoms with Crippen molar-refractivity contribution in [1.82, 2.24) is 10.3 Å². The predicted molar refractivity (Wildman–Crippen MR) is 76.3 cm³/mol. The fourth-order valence-electron chi connectivity index (χ4n) is 2.36. The van der Waals surface area contributed by atoms with Gasteiger partial charge in [0, 0.05) is 36.6 Å². The number of nitrogens with zero attached hydrogens (tertiary/aromatic N) is 1. The molecule has 2 rings (SSSR count). The molecule has 1 aromatic rings. The van der Waals surface area contributed by atoms with Crippen LogP contribution < -0.4 is 11.1 Å². The number of nitrogens with one attached hydrogen (secondary N) is 1. The number of anilines is 1. The fraction of sp³-hybridized carbons (Fsp3) is 0.538. The number of rotatable bonds is 3. The Hall–Kier alpha value is -1.33. The number of methoxy groups -OCH3 is 1. The van der Waals surface area contributed by atoms with Crippen molar-refractivity contribution in [3.05, 3.63) is 24.0 Å². The Kier molecular flexibility index (Phi) is 4.76. The largest absolute Gasteiger partial charge is 0.398 e. The molecule has 1 heterocycles. The van der Waals surface area contributed by atoms with Gasteiger partial charge >= 0.3 is 0 Å². The van der Waals surface area contributed by atoms with E-state index in [1.807, 2.05) is 0 Å². The second-order valence-electron chi connectivity index (χ2n) is 5.27. The maximum absolute atomic E-state index is 12.1. The lowest BCUT2D eigenvalue weighted by atomic mass is 9.64. The highest BCUT2D eigenvalue weighted by Gasteiger charge is 2.49. The van der Waals surface area contributed by atoms with E-state index in [-0.39, 0.29) is 35.9 Å². The summed E-state index contributed by atoms with van der Waals surface area (Å²) in [5.74, 6) is -0.173. The standard InChI is InChI=1S/C13H19N3O2.ClH/c1-13(2)10(6-11(13)18-3)16-12(17)8-7-15-5-4-9(8)14;/h4-5,7,10-11H,6H2,1-3H3,(H2,14,15)(H,16,17);1H. The smallest absolute Gasteiger partial charge is 0.255 e. The first-order valence-corrected chi connectivity index (χ1v) is 6.00. The number of amides is 1. The van der Waals surface area contributed by atoms with E-state index in [1.165, 1.54) is 6.20 Å². The molecule has 1 fully saturated rings. The van der Waals surface area contributed by atoms with E-state index < -0.39 is 0 Å². The van der Waals surface area contributed by atoms with Crippen LogP contribution in [0.2, 0.25) is 0 Å². The molecular formula is C13H20ClN3O2. The molecule has 19 heavy (non-hydrogen) atoms. The topological polar surface area (TPSA) is 77.2 Å². The summed E-state index contributed by atoms with van der Waals surface area (Å²) in [6, 6.07) is 1.73. The Morgan fingerprint density at radius 1 is 1.58 bits per heavy atom. The summed E-state index contributed by atoms with van der Waals surface area (Å²) in [4.78, 5) is 16.0. The van der Waals surface area contributed by atoms with Gasteiger partial charge in [0.1, 0.15) is 0 Å². The van der Waals surface area contributed by atoms with Crippen molar-refractivity contribution in [3.63, 3.8) is 0 Å². The van der Waals surface area contributed by atoms with Gasteiger partial charge in [0.15, 0.2) is 0 Å². The Morgan fingerprint density at radius 3 is 2.79 bits per heavy atom. The Morgan fingerprint density at radius 2 is 2.26 bits per heavy atom. The van der Waals surface area contributed by atoms with Gasteiger partial charge in [0.25, 0.3) is 5.91 Å². The highest BCUT2D eigenvalue weighted by atomic mass is 35.5. The number of nitrogen functional groups attached to an aromatic ring is 1. The molecule has 6 heteroatoms. The lowest BCUT2D eigenvalue weighted by Gasteiger charge is -2.51. The van der Waals surface area contributed by atoms with Gasteiger partial charge in [0.2, 0.25) is 0 Å². The number of carbonyl (C=O) groups excluding carboxylic acids is 1. The van der Waals surface area contributed by atoms with E-state index in [1.54, 1.807) is 19.4 Å². The Labute approximate surface area is 119 Å². The predicted octanol–water partition coefficient (Wildman–Crippen LogP) is 1.63. The van der Waals surface area contributed by atoms with E-state index in [2.05, 4.69) is 24.1 Å². The van der Waals surface area contributed by atoms with Crippen LogP contribution in [0.4, 0.5) is 5.69 Å². The zero-order valence-electron chi connectivity index (χ0n) is 11.3. The van der Waals surface area contributed by atoms with Crippen molar-refractivity contribution in [2.45, 2.75) is 32.4 Å². The van der Waals surface area contributed by atoms with E-state index in [9.17, 15) is 4.79 Å². The number of halogens is 1. The zero-order valence-corrected chi connectivity index (χ0v) is 12.2. The summed E-state index contributed by atoms with van der Waals surface area (Å²) in [5, 5.41) is 2.99. The number of aromatic nitrogens is 1. The highest BCUT2D eigenvalue weighted by Crippen LogP contribution is 2.42. The molecule has 0 aromatic carbocycles. The normalized spacial score (nSPS) is 23.9. The third-order valence-corrected chi connectivity index (χ3v) is 3.87. The first kappa shape index (κ1) is 15.7. The second kappa shape index (κ2) is 5.75. The zero-order chi connectivity index (χ0) is 13.3. The van der Waals surface area contributed by atoms with Crippen molar-refractivity contribution < 1.29 is 9.53 Å². The van der Waals surface area contributed by atoms with Crippen LogP contribution in [0, 0.1) is 5.41 Å². The number of pyridine rings is 1. The third-order valence-electron chi connectivity index (χ3n) is 3.87. The number of nitrogens with two attached hydrogens (primary N) is 1. The van der Waals surface area contributed by atoms with Crippen LogP contribution in [-0.4, -0.2) is 30.1 Å². The summed E-state index contributed by atoms with van der Waals surface area (Å²) >= 11 is 0. The number of hydrogen-bond acceptors (Lipinski definition) is 4. The molecule has 2 atom stereocenters. The lowest BCUT2D eigenvalue weighted by molar-refractivity contribution is -0.0942. The minimum Gasteiger partial charge on any atom is -0.398 e. The summed E-state index contributed by atoms with van der Waals surface area (Å²) in [5.41, 5.74) is 6.57. The minimum absolute atomic E-state index is 0. The van der Waals surface area contributed by atoms with E-state index in [0.29, 0.717) is 11.3 Å². The summed E-state index contributed by atoms with van der Waals surface area (Å²) in [7, 11) is 1.70. The average molecular weight is 286 g/mol. The summed E-state index contributed by atoms with van der Waals surface area (Å²) in [6.07, 6.45) is 4.08. The molecule has 1 aromatic heterocycles. The van der Waals surface area contributed by atoms with Crippen LogP contribution in [0.5, 0.6) is 0 Å². The first-order chi connectivity index (χ1) is 8.46. The molecule has 0 aliphatic heterocycles. The summed E-state index contributed by atoms with van der Waals surface area (Å²) < 4.78 is 5.35. The van der Waals surface area contributed by atoms with Gasteiger partial charge < -0.3 is 15.8 Å². The first-order valence-electron chi connectivity index (χ1n) is 6.00. The van der Waals surface area contributed by atoms with Gasteiger partial charge in [-0.05, 0) is 12.5 Å². The SMILES string of the molecule is COC1CC(NC(=O)c2cnccc2N)C1(C)C.Cl. The highest BCUT2D eigenvalue weighted by molar-refractivity contribution is 5.99. The number of ether oxygens (including phenoxy) is 1. The van der Waals surface area contributed by atoms with Crippen LogP contribution in [0.15, 0.2) is 18.5 Å². The van der Waals surface area contributed by atoms with Crippen LogP contribution in [0.3, 0.4) is 0 Å². The molecule has 0 radical (unpaired) electrons. The van der Waals surface area contributed by atoms with Crippen molar-refractivity contribution in [2.24, 2.45) is 5.41 Å². The molecule has 0 bridgehead atoms. The van der Waals surface area contributed by atoms with Gasteiger partial charge in [-0.2, -0.15) is 0 Å². The van der Waals surface area contributed by atoms with Crippen LogP contribution in [-0.2, 0) is 4.74 Å². The van der Waals surface area contributed by atoms with Crippen molar-refractivity contribution in [1.29, 1.82) is 0 Å². The van der Waals surface area contributed by atoms with E-state index >= 15 is 0 Å². The van der Waals surface area contributed by atoms with E-state index in [0.717, 1.165) is 6.42 Å². The molecule has 1 aliphatic rings. The molecule has 0 spiro atoms. The van der Waals surface area contributed by atoms with Crippen LogP contribution >= 0.6 is 12.4 Å². The Balaban J connectivity index is 0.00000180. The van der Waals surface area contributed by atoms with Crippen molar-refractivity contribution in [2.75, 3.05) is 12.8 Å². The average Bonchev–Trinajstić information content (AvgIpc) is 2.34. The molecule has 1 amide bonds. The molecule has 5 nitrogen and oxygen atoms in total. The third kappa shape index (κ3) is 2.82. The van der Waals surface area contributed by atoms with Gasteiger partial charge in [0.05, 0.1) is 11.7 Å². The van der Waals surface area contributed by atoms with Crippen LogP contribution in [0.25, 0.3) is 0 Å². The maximum Gasteiger partial charge on any atom is 0.255 e. The van der Waals surface area contributed by atoms with Gasteiger partial charge in [-0.15, -0.1) is 12.4 Å². The van der Waals surface area contributed by atoms with Gasteiger partial charge in [-0.3, -0.25) is 9.78 Å².